The molecule has 2 aliphatic heterocycles. The van der Waals surface area contributed by atoms with Crippen LogP contribution in [0.4, 0.5) is 0 Å². The third kappa shape index (κ3) is 10.6. The number of esters is 2. The predicted molar refractivity (Wildman–Crippen MR) is 215 cm³/mol. The first-order valence-electron chi connectivity index (χ1n) is 18.0. The lowest BCUT2D eigenvalue weighted by Gasteiger charge is -2.30. The third-order valence-electron chi connectivity index (χ3n) is 9.58. The molecule has 0 spiro atoms. The number of benzene rings is 3. The Balaban J connectivity index is 1.10. The van der Waals surface area contributed by atoms with Crippen LogP contribution in [0, 0.1) is 0 Å². The van der Waals surface area contributed by atoms with Crippen molar-refractivity contribution in [3.8, 4) is 0 Å². The van der Waals surface area contributed by atoms with Crippen LogP contribution in [0.3, 0.4) is 0 Å². The summed E-state index contributed by atoms with van der Waals surface area (Å²) >= 11 is 13.5. The number of carbonyl (C=O) groups excluding carboxylic acids is 4. The van der Waals surface area contributed by atoms with Crippen LogP contribution in [0.1, 0.15) is 69.5 Å². The van der Waals surface area contributed by atoms with E-state index < -0.39 is 43.9 Å². The Morgan fingerprint density at radius 3 is 2.64 bits per heavy atom. The lowest BCUT2D eigenvalue weighted by atomic mass is 9.95. The van der Waals surface area contributed by atoms with Gasteiger partial charge < -0.3 is 28.7 Å². The third-order valence-corrected chi connectivity index (χ3v) is 14.9. The number of furan rings is 1. The standard InChI is InChI=1S/C39H40Cl2N2O10S3/c1-56(49,50)29-7-4-5-24(19-29)20-32(39(47)53-17-16-52-34(44)8-3-2-6-28-13-18-55(48)54-28)42-37(45)35-31(40)21-27-23-43(14-11-30(27)36(35)41)38(46)26-10-9-25-12-15-51-33(25)22-26/h4-5,7,9-10,12,15,19,21-22,28,32H,2-3,6,8,11,13-14,16-18,20,23H2,1H3,(H,42,45)/t28-,32+,55?/m1/s1. The molecule has 2 aliphatic rings. The van der Waals surface area contributed by atoms with E-state index in [0.29, 0.717) is 58.2 Å². The van der Waals surface area contributed by atoms with Crippen LogP contribution in [-0.2, 0) is 58.5 Å². The SMILES string of the molecule is CS(=O)(=O)c1cccc(C[C@H](NC(=O)c2c(Cl)cc3c(c2Cl)CCN(C(=O)c2ccc4ccoc4c2)C3)C(=O)OCCOC(=O)CCCC[C@@H]2CC[S+]([O-])S2)c1. The van der Waals surface area contributed by atoms with Gasteiger partial charge in [0, 0.05) is 59.8 Å². The number of hydrogen-bond acceptors (Lipinski definition) is 11. The Kier molecular flexibility index (Phi) is 14.0. The second-order valence-corrected chi connectivity index (χ2v) is 20.0. The molecule has 0 bridgehead atoms. The highest BCUT2D eigenvalue weighted by molar-refractivity contribution is 8.72. The topological polar surface area (TPSA) is 172 Å². The van der Waals surface area contributed by atoms with Gasteiger partial charge in [-0.1, -0.05) is 47.8 Å². The minimum Gasteiger partial charge on any atom is -0.605 e. The number of nitrogens with one attached hydrogen (secondary N) is 1. The molecule has 1 saturated heterocycles. The summed E-state index contributed by atoms with van der Waals surface area (Å²) in [6, 6.07) is 13.3. The van der Waals surface area contributed by atoms with Gasteiger partial charge in [0.25, 0.3) is 11.8 Å². The molecular formula is C39H40Cl2N2O10S3. The van der Waals surface area contributed by atoms with Gasteiger partial charge in [0.2, 0.25) is 0 Å². The first-order valence-corrected chi connectivity index (χ1v) is 23.4. The van der Waals surface area contributed by atoms with Gasteiger partial charge in [0.1, 0.15) is 30.6 Å². The summed E-state index contributed by atoms with van der Waals surface area (Å²) in [4.78, 5) is 54.7. The van der Waals surface area contributed by atoms with Crippen LogP contribution in [0.2, 0.25) is 10.0 Å². The molecule has 6 rings (SSSR count). The van der Waals surface area contributed by atoms with Gasteiger partial charge in [-0.25, -0.2) is 13.2 Å². The normalized spacial score (nSPS) is 17.3. The molecule has 1 unspecified atom stereocenters. The largest absolute Gasteiger partial charge is 0.605 e. The second kappa shape index (κ2) is 18.7. The fourth-order valence-corrected chi connectivity index (χ4v) is 11.7. The summed E-state index contributed by atoms with van der Waals surface area (Å²) in [5.74, 6) is -1.54. The summed E-state index contributed by atoms with van der Waals surface area (Å²) in [7, 11) is -2.90. The second-order valence-electron chi connectivity index (χ2n) is 13.6. The van der Waals surface area contributed by atoms with E-state index in [-0.39, 0.29) is 59.0 Å². The number of halogens is 2. The van der Waals surface area contributed by atoms with Gasteiger partial charge in [-0.2, -0.15) is 0 Å². The molecule has 1 aromatic heterocycles. The summed E-state index contributed by atoms with van der Waals surface area (Å²) in [5.41, 5.74) is 2.74. The van der Waals surface area contributed by atoms with Crippen LogP contribution in [0.25, 0.3) is 11.0 Å². The van der Waals surface area contributed by atoms with Crippen molar-refractivity contribution in [1.29, 1.82) is 0 Å². The number of carbonyl (C=O) groups is 4. The molecular weight excluding hydrogens is 824 g/mol. The van der Waals surface area contributed by atoms with E-state index in [4.69, 9.17) is 37.1 Å². The van der Waals surface area contributed by atoms with E-state index in [9.17, 15) is 32.1 Å². The minimum absolute atomic E-state index is 0.00706. The molecule has 1 N–H and O–H groups in total. The summed E-state index contributed by atoms with van der Waals surface area (Å²) in [6.07, 6.45) is 6.25. The molecule has 3 aromatic carbocycles. The molecule has 56 heavy (non-hydrogen) atoms. The van der Waals surface area contributed by atoms with Gasteiger partial charge in [-0.3, -0.25) is 14.4 Å². The van der Waals surface area contributed by atoms with E-state index in [1.54, 1.807) is 35.4 Å². The molecule has 4 aromatic rings. The predicted octanol–water partition coefficient (Wildman–Crippen LogP) is 6.50. The number of rotatable bonds is 15. The van der Waals surface area contributed by atoms with Crippen molar-refractivity contribution in [3.05, 3.63) is 98.7 Å². The van der Waals surface area contributed by atoms with Crippen LogP contribution < -0.4 is 5.32 Å². The summed E-state index contributed by atoms with van der Waals surface area (Å²) < 4.78 is 52.1. The van der Waals surface area contributed by atoms with Gasteiger partial charge in [0.15, 0.2) is 9.84 Å². The molecule has 17 heteroatoms. The first kappa shape index (κ1) is 41.9. The Labute approximate surface area is 341 Å². The molecule has 3 heterocycles. The zero-order valence-electron chi connectivity index (χ0n) is 30.4. The number of unbranched alkanes of at least 4 members (excludes halogenated alkanes) is 1. The van der Waals surface area contributed by atoms with Gasteiger partial charge in [-0.15, -0.1) is 0 Å². The lowest BCUT2D eigenvalue weighted by molar-refractivity contribution is -0.153. The number of nitrogens with zero attached hydrogens (tertiary/aromatic N) is 1. The highest BCUT2D eigenvalue weighted by Gasteiger charge is 2.31. The van der Waals surface area contributed by atoms with Crippen LogP contribution in [-0.4, -0.2) is 84.7 Å². The first-order chi connectivity index (χ1) is 26.8. The van der Waals surface area contributed by atoms with Crippen molar-refractivity contribution < 1.29 is 46.0 Å². The molecule has 3 atom stereocenters. The fourth-order valence-electron chi connectivity index (χ4n) is 6.65. The zero-order chi connectivity index (χ0) is 40.0. The van der Waals surface area contributed by atoms with Crippen LogP contribution in [0.15, 0.2) is 70.2 Å². The van der Waals surface area contributed by atoms with Crippen molar-refractivity contribution in [3.63, 3.8) is 0 Å². The Morgan fingerprint density at radius 2 is 1.88 bits per heavy atom. The zero-order valence-corrected chi connectivity index (χ0v) is 34.4. The number of sulfone groups is 1. The maximum absolute atomic E-state index is 13.8. The van der Waals surface area contributed by atoms with E-state index in [1.165, 1.54) is 29.0 Å². The molecule has 2 amide bonds. The number of hydrogen-bond donors (Lipinski definition) is 1. The molecule has 298 valence electrons. The van der Waals surface area contributed by atoms with E-state index in [2.05, 4.69) is 5.32 Å². The van der Waals surface area contributed by atoms with E-state index >= 15 is 0 Å². The fraction of sp³-hybridized carbons (Fsp3) is 0.385. The van der Waals surface area contributed by atoms with E-state index in [1.807, 2.05) is 12.1 Å². The monoisotopic (exact) mass is 862 g/mol. The van der Waals surface area contributed by atoms with Crippen molar-refractivity contribution in [2.24, 2.45) is 0 Å². The number of amides is 2. The van der Waals surface area contributed by atoms with Crippen molar-refractivity contribution in [2.45, 2.75) is 67.7 Å². The minimum atomic E-state index is -3.57. The van der Waals surface area contributed by atoms with Crippen molar-refractivity contribution in [1.82, 2.24) is 10.2 Å². The average Bonchev–Trinajstić information content (AvgIpc) is 3.82. The van der Waals surface area contributed by atoms with Crippen molar-refractivity contribution in [2.75, 3.05) is 31.8 Å². The Hall–Kier alpha value is -3.73. The quantitative estimate of drug-likeness (QED) is 0.0599. The molecule has 0 aliphatic carbocycles. The average molecular weight is 864 g/mol. The molecule has 12 nitrogen and oxygen atoms in total. The highest BCUT2D eigenvalue weighted by Crippen LogP contribution is 2.36. The van der Waals surface area contributed by atoms with Gasteiger partial charge in [-0.05, 0) is 72.4 Å². The number of fused-ring (bicyclic) bond motifs is 2. The highest BCUT2D eigenvalue weighted by atomic mass is 35.5. The van der Waals surface area contributed by atoms with Gasteiger partial charge in [0.05, 0.1) is 42.8 Å². The molecule has 0 radical (unpaired) electrons. The smallest absolute Gasteiger partial charge is 0.329 e. The molecule has 0 saturated carbocycles. The Morgan fingerprint density at radius 1 is 1.07 bits per heavy atom. The summed E-state index contributed by atoms with van der Waals surface area (Å²) in [5, 5.41) is 3.99. The maximum atomic E-state index is 13.8. The lowest BCUT2D eigenvalue weighted by Crippen LogP contribution is -2.44. The Bertz CT molecular complexity index is 2230. The molecule has 1 fully saturated rings. The van der Waals surface area contributed by atoms with Crippen LogP contribution >= 0.6 is 34.0 Å². The van der Waals surface area contributed by atoms with E-state index in [0.717, 1.165) is 30.9 Å². The summed E-state index contributed by atoms with van der Waals surface area (Å²) in [6.45, 7) is 0.0374. The number of ether oxygens (including phenoxy) is 2. The van der Waals surface area contributed by atoms with Crippen LogP contribution in [0.5, 0.6) is 0 Å². The maximum Gasteiger partial charge on any atom is 0.329 e. The van der Waals surface area contributed by atoms with Crippen molar-refractivity contribution >= 4 is 88.8 Å². The van der Waals surface area contributed by atoms with Gasteiger partial charge >= 0.3 is 11.9 Å².